The van der Waals surface area contributed by atoms with Crippen LogP contribution in [-0.2, 0) is 6.54 Å². The van der Waals surface area contributed by atoms with Gasteiger partial charge in [-0.15, -0.1) is 0 Å². The Labute approximate surface area is 151 Å². The van der Waals surface area contributed by atoms with Crippen molar-refractivity contribution in [2.75, 3.05) is 12.4 Å². The van der Waals surface area contributed by atoms with Crippen molar-refractivity contribution in [2.24, 2.45) is 0 Å². The molecule has 0 aliphatic rings. The summed E-state index contributed by atoms with van der Waals surface area (Å²) in [6.07, 6.45) is 1.67. The number of aromatic nitrogens is 1. The summed E-state index contributed by atoms with van der Waals surface area (Å²) in [5.74, 6) is 1.79. The van der Waals surface area contributed by atoms with E-state index < -0.39 is 0 Å². The van der Waals surface area contributed by atoms with E-state index in [0.29, 0.717) is 29.6 Å². The van der Waals surface area contributed by atoms with Crippen LogP contribution in [0.3, 0.4) is 0 Å². The van der Waals surface area contributed by atoms with Gasteiger partial charge in [0.2, 0.25) is 5.88 Å². The molecule has 0 bridgehead atoms. The fourth-order valence-corrected chi connectivity index (χ4v) is 2.34. The van der Waals surface area contributed by atoms with Crippen LogP contribution in [0.1, 0.15) is 5.56 Å². The van der Waals surface area contributed by atoms with Crippen molar-refractivity contribution in [3.8, 4) is 17.4 Å². The number of carbonyl (C=O) groups excluding carboxylic acids is 1. The van der Waals surface area contributed by atoms with E-state index >= 15 is 0 Å². The molecule has 2 N–H and O–H groups in total. The zero-order chi connectivity index (χ0) is 18.2. The minimum absolute atomic E-state index is 0.314. The maximum absolute atomic E-state index is 12.1. The molecule has 26 heavy (non-hydrogen) atoms. The van der Waals surface area contributed by atoms with E-state index in [9.17, 15) is 4.79 Å². The van der Waals surface area contributed by atoms with E-state index in [-0.39, 0.29) is 6.03 Å². The number of pyridine rings is 1. The first kappa shape index (κ1) is 17.3. The zero-order valence-corrected chi connectivity index (χ0v) is 14.3. The van der Waals surface area contributed by atoms with Crippen LogP contribution in [0.5, 0.6) is 17.4 Å². The lowest BCUT2D eigenvalue weighted by Crippen LogP contribution is -2.28. The Kier molecular flexibility index (Phi) is 5.67. The maximum Gasteiger partial charge on any atom is 0.319 e. The number of amides is 2. The predicted octanol–water partition coefficient (Wildman–Crippen LogP) is 4.20. The summed E-state index contributed by atoms with van der Waals surface area (Å²) in [6.45, 7) is 0.362. The molecular weight excluding hydrogens is 330 g/mol. The number of benzene rings is 2. The monoisotopic (exact) mass is 349 g/mol. The highest BCUT2D eigenvalue weighted by Crippen LogP contribution is 2.23. The molecular formula is C20H19N3O3. The summed E-state index contributed by atoms with van der Waals surface area (Å²) in [6, 6.07) is 19.9. The predicted molar refractivity (Wildman–Crippen MR) is 99.6 cm³/mol. The molecule has 2 amide bonds. The summed E-state index contributed by atoms with van der Waals surface area (Å²) in [5.41, 5.74) is 1.52. The van der Waals surface area contributed by atoms with Crippen LogP contribution >= 0.6 is 0 Å². The molecule has 0 fully saturated rings. The first-order chi connectivity index (χ1) is 12.7. The topological polar surface area (TPSA) is 72.5 Å². The minimum atomic E-state index is -0.314. The van der Waals surface area contributed by atoms with E-state index in [1.807, 2.05) is 48.5 Å². The highest BCUT2D eigenvalue weighted by Gasteiger charge is 2.07. The molecule has 0 radical (unpaired) electrons. The zero-order valence-electron chi connectivity index (χ0n) is 14.3. The Morgan fingerprint density at radius 1 is 1.04 bits per heavy atom. The first-order valence-electron chi connectivity index (χ1n) is 8.10. The van der Waals surface area contributed by atoms with Gasteiger partial charge < -0.3 is 20.1 Å². The van der Waals surface area contributed by atoms with E-state index in [1.54, 1.807) is 31.5 Å². The number of para-hydroxylation sites is 2. The quantitative estimate of drug-likeness (QED) is 0.699. The number of nitrogens with zero attached hydrogens (tertiary/aromatic N) is 1. The van der Waals surface area contributed by atoms with Gasteiger partial charge in [-0.2, -0.15) is 0 Å². The fourth-order valence-electron chi connectivity index (χ4n) is 2.34. The second-order valence-electron chi connectivity index (χ2n) is 5.43. The van der Waals surface area contributed by atoms with Crippen LogP contribution in [0.25, 0.3) is 0 Å². The number of hydrogen-bond acceptors (Lipinski definition) is 4. The average Bonchev–Trinajstić information content (AvgIpc) is 2.68. The third-order valence-electron chi connectivity index (χ3n) is 3.57. The smallest absolute Gasteiger partial charge is 0.319 e. The van der Waals surface area contributed by atoms with Gasteiger partial charge in [0.15, 0.2) is 0 Å². The lowest BCUT2D eigenvalue weighted by Gasteiger charge is -2.11. The molecule has 0 saturated carbocycles. The van der Waals surface area contributed by atoms with Crippen LogP contribution < -0.4 is 20.1 Å². The summed E-state index contributed by atoms with van der Waals surface area (Å²) >= 11 is 0. The van der Waals surface area contributed by atoms with Gasteiger partial charge in [0.1, 0.15) is 11.5 Å². The molecule has 2 aromatic carbocycles. The lowest BCUT2D eigenvalue weighted by atomic mass is 10.2. The third kappa shape index (κ3) is 4.73. The Morgan fingerprint density at radius 3 is 2.69 bits per heavy atom. The molecule has 3 aromatic rings. The Bertz CT molecular complexity index is 869. The molecule has 6 nitrogen and oxygen atoms in total. The number of anilines is 1. The van der Waals surface area contributed by atoms with Crippen molar-refractivity contribution >= 4 is 11.7 Å². The van der Waals surface area contributed by atoms with E-state index in [2.05, 4.69) is 15.6 Å². The molecule has 0 atom stereocenters. The van der Waals surface area contributed by atoms with Gasteiger partial charge in [0.05, 0.1) is 12.8 Å². The molecule has 3 rings (SSSR count). The summed E-state index contributed by atoms with van der Waals surface area (Å²) in [4.78, 5) is 16.2. The SMILES string of the molecule is COc1ccccc1NC(=O)NCc1cccc(Oc2ccccn2)c1. The Balaban J connectivity index is 1.57. The number of ether oxygens (including phenoxy) is 2. The van der Waals surface area contributed by atoms with E-state index in [1.165, 1.54) is 0 Å². The van der Waals surface area contributed by atoms with Gasteiger partial charge in [0.25, 0.3) is 0 Å². The van der Waals surface area contributed by atoms with E-state index in [4.69, 9.17) is 9.47 Å². The largest absolute Gasteiger partial charge is 0.495 e. The highest BCUT2D eigenvalue weighted by molar-refractivity contribution is 5.90. The van der Waals surface area contributed by atoms with Gasteiger partial charge in [-0.3, -0.25) is 0 Å². The fraction of sp³-hybridized carbons (Fsp3) is 0.100. The van der Waals surface area contributed by atoms with Crippen molar-refractivity contribution in [2.45, 2.75) is 6.54 Å². The molecule has 1 aromatic heterocycles. The Morgan fingerprint density at radius 2 is 1.88 bits per heavy atom. The van der Waals surface area contributed by atoms with Crippen molar-refractivity contribution in [1.29, 1.82) is 0 Å². The van der Waals surface area contributed by atoms with Crippen LogP contribution in [0.15, 0.2) is 72.9 Å². The number of carbonyl (C=O) groups is 1. The minimum Gasteiger partial charge on any atom is -0.495 e. The van der Waals surface area contributed by atoms with Gasteiger partial charge in [-0.05, 0) is 35.9 Å². The number of urea groups is 1. The van der Waals surface area contributed by atoms with Crippen molar-refractivity contribution in [1.82, 2.24) is 10.3 Å². The second kappa shape index (κ2) is 8.53. The highest BCUT2D eigenvalue weighted by atomic mass is 16.5. The number of rotatable bonds is 6. The van der Waals surface area contributed by atoms with Crippen LogP contribution in [-0.4, -0.2) is 18.1 Å². The molecule has 0 saturated heterocycles. The molecule has 1 heterocycles. The second-order valence-corrected chi connectivity index (χ2v) is 5.43. The molecule has 0 aliphatic heterocycles. The summed E-state index contributed by atoms with van der Waals surface area (Å²) in [7, 11) is 1.56. The normalized spacial score (nSPS) is 10.0. The van der Waals surface area contributed by atoms with Crippen LogP contribution in [0.2, 0.25) is 0 Å². The van der Waals surface area contributed by atoms with Crippen molar-refractivity contribution in [3.63, 3.8) is 0 Å². The summed E-state index contributed by atoms with van der Waals surface area (Å²) in [5, 5.41) is 5.58. The van der Waals surface area contributed by atoms with Gasteiger partial charge in [0, 0.05) is 18.8 Å². The average molecular weight is 349 g/mol. The summed E-state index contributed by atoms with van der Waals surface area (Å²) < 4.78 is 10.9. The first-order valence-corrected chi connectivity index (χ1v) is 8.10. The number of hydrogen-bond donors (Lipinski definition) is 2. The van der Waals surface area contributed by atoms with Gasteiger partial charge in [-0.25, -0.2) is 9.78 Å². The van der Waals surface area contributed by atoms with Crippen molar-refractivity contribution < 1.29 is 14.3 Å². The maximum atomic E-state index is 12.1. The van der Waals surface area contributed by atoms with E-state index in [0.717, 1.165) is 5.56 Å². The number of methoxy groups -OCH3 is 1. The molecule has 132 valence electrons. The molecule has 0 unspecified atom stereocenters. The lowest BCUT2D eigenvalue weighted by molar-refractivity contribution is 0.251. The molecule has 0 spiro atoms. The molecule has 6 heteroatoms. The standard InChI is InChI=1S/C20H19N3O3/c1-25-18-10-3-2-9-17(18)23-20(24)22-14-15-7-6-8-16(13-15)26-19-11-4-5-12-21-19/h2-13H,14H2,1H3,(H2,22,23,24). The van der Waals surface area contributed by atoms with Gasteiger partial charge in [-0.1, -0.05) is 30.3 Å². The van der Waals surface area contributed by atoms with Crippen LogP contribution in [0, 0.1) is 0 Å². The Hall–Kier alpha value is -3.54. The van der Waals surface area contributed by atoms with Gasteiger partial charge >= 0.3 is 6.03 Å². The van der Waals surface area contributed by atoms with Crippen LogP contribution in [0.4, 0.5) is 10.5 Å². The number of nitrogens with one attached hydrogen (secondary N) is 2. The molecule has 0 aliphatic carbocycles. The van der Waals surface area contributed by atoms with Crippen molar-refractivity contribution in [3.05, 3.63) is 78.5 Å². The third-order valence-corrected chi connectivity index (χ3v) is 3.57.